The summed E-state index contributed by atoms with van der Waals surface area (Å²) in [7, 11) is 0.435. The Balaban J connectivity index is 1.97. The molecule has 0 aromatic heterocycles. The van der Waals surface area contributed by atoms with Crippen LogP contribution in [0, 0.1) is 0 Å². The van der Waals surface area contributed by atoms with E-state index in [2.05, 4.69) is 15.4 Å². The number of carbonyl (C=O) groups excluding carboxylic acids is 5. The van der Waals surface area contributed by atoms with E-state index in [-0.39, 0.29) is 19.8 Å². The molecule has 1 fully saturated rings. The van der Waals surface area contributed by atoms with E-state index in [1.165, 1.54) is 4.72 Å². The van der Waals surface area contributed by atoms with Gasteiger partial charge in [-0.3, -0.25) is 14.5 Å². The minimum atomic E-state index is -4.52. The number of hydrogen-bond acceptors (Lipinski definition) is 10. The molecule has 3 N–H and O–H groups in total. The van der Waals surface area contributed by atoms with Gasteiger partial charge in [-0.1, -0.05) is 30.3 Å². The highest BCUT2D eigenvalue weighted by Crippen LogP contribution is 2.22. The average molecular weight is 507 g/mol. The maximum absolute atomic E-state index is 12.3. The first-order valence-corrected chi connectivity index (χ1v) is 11.5. The van der Waals surface area contributed by atoms with Crippen LogP contribution in [0.3, 0.4) is 0 Å². The Morgan fingerprint density at radius 2 is 1.82 bits per heavy atom. The zero-order valence-corrected chi connectivity index (χ0v) is 18.3. The number of likely N-dealkylation sites (tertiary alicyclic amines) is 1. The fourth-order valence-electron chi connectivity index (χ4n) is 2.62. The van der Waals surface area contributed by atoms with Gasteiger partial charge in [-0.05, 0) is 5.56 Å². The van der Waals surface area contributed by atoms with E-state index in [1.54, 1.807) is 30.3 Å². The molecule has 0 radical (unpaired) electrons. The summed E-state index contributed by atoms with van der Waals surface area (Å²) in [6, 6.07) is 4.56. The lowest BCUT2D eigenvalue weighted by molar-refractivity contribution is -0.147. The smallest absolute Gasteiger partial charge is 0.445 e. The molecule has 180 valence electrons. The maximum Gasteiger partial charge on any atom is 0.508 e. The summed E-state index contributed by atoms with van der Waals surface area (Å²) < 4.78 is 38.0. The number of nitrogens with one attached hydrogen (secondary N) is 3. The lowest BCUT2D eigenvalue weighted by atomic mass is 9.96. The van der Waals surface area contributed by atoms with Crippen LogP contribution in [0.15, 0.2) is 30.3 Å². The van der Waals surface area contributed by atoms with Crippen molar-refractivity contribution in [1.82, 2.24) is 20.3 Å². The van der Waals surface area contributed by atoms with E-state index < -0.39 is 52.1 Å². The third-order valence-corrected chi connectivity index (χ3v) is 4.71. The molecule has 2 unspecified atom stereocenters. The van der Waals surface area contributed by atoms with Crippen LogP contribution < -0.4 is 15.4 Å². The molecule has 1 aliphatic rings. The number of amides is 5. The second-order valence-corrected chi connectivity index (χ2v) is 8.58. The van der Waals surface area contributed by atoms with Gasteiger partial charge in [0.2, 0.25) is 6.41 Å². The van der Waals surface area contributed by atoms with Crippen molar-refractivity contribution < 1.29 is 46.6 Å². The molecular formula is C17H19ClN4O10S. The highest BCUT2D eigenvalue weighted by Gasteiger charge is 2.53. The fourth-order valence-corrected chi connectivity index (χ4v) is 3.12. The van der Waals surface area contributed by atoms with Crippen LogP contribution >= 0.6 is 10.7 Å². The van der Waals surface area contributed by atoms with Crippen LogP contribution in [-0.2, 0) is 39.6 Å². The van der Waals surface area contributed by atoms with Gasteiger partial charge >= 0.3 is 27.5 Å². The van der Waals surface area contributed by atoms with E-state index in [0.717, 1.165) is 0 Å². The third-order valence-electron chi connectivity index (χ3n) is 4.06. The molecule has 0 spiro atoms. The number of urea groups is 1. The van der Waals surface area contributed by atoms with Crippen molar-refractivity contribution in [3.8, 4) is 0 Å². The lowest BCUT2D eigenvalue weighted by Crippen LogP contribution is -2.74. The topological polar surface area (TPSA) is 187 Å². The number of nitrogens with zero attached hydrogens (tertiary/aromatic N) is 1. The molecule has 5 amide bonds. The number of β-lactam (4-membered cyclic amide) rings is 1. The van der Waals surface area contributed by atoms with E-state index in [4.69, 9.17) is 20.2 Å². The number of alkyl carbamates (subject to hydrolysis) is 1. The normalized spacial score (nSPS) is 17.2. The van der Waals surface area contributed by atoms with E-state index >= 15 is 0 Å². The molecular weight excluding hydrogens is 488 g/mol. The Labute approximate surface area is 192 Å². The van der Waals surface area contributed by atoms with Crippen molar-refractivity contribution in [2.45, 2.75) is 18.7 Å². The molecule has 1 heterocycles. The van der Waals surface area contributed by atoms with Crippen molar-refractivity contribution in [2.75, 3.05) is 19.8 Å². The van der Waals surface area contributed by atoms with Gasteiger partial charge in [-0.25, -0.2) is 19.1 Å². The van der Waals surface area contributed by atoms with Crippen LogP contribution in [0.1, 0.15) is 5.56 Å². The number of ether oxygens (including phenoxy) is 3. The number of carbonyl (C=O) groups is 5. The van der Waals surface area contributed by atoms with E-state index in [0.29, 0.717) is 16.9 Å². The van der Waals surface area contributed by atoms with E-state index in [9.17, 15) is 32.4 Å². The first-order chi connectivity index (χ1) is 15.6. The molecule has 0 aliphatic carbocycles. The number of hydrogen-bond donors (Lipinski definition) is 3. The van der Waals surface area contributed by atoms with Crippen LogP contribution in [0.5, 0.6) is 0 Å². The number of rotatable bonds is 10. The largest absolute Gasteiger partial charge is 0.508 e. The van der Waals surface area contributed by atoms with Crippen molar-refractivity contribution in [2.24, 2.45) is 0 Å². The van der Waals surface area contributed by atoms with Crippen LogP contribution in [0.4, 0.5) is 14.4 Å². The molecule has 2 atom stereocenters. The summed E-state index contributed by atoms with van der Waals surface area (Å²) >= 11 is 0. The molecule has 1 aromatic carbocycles. The Morgan fingerprint density at radius 1 is 1.12 bits per heavy atom. The summed E-state index contributed by atoms with van der Waals surface area (Å²) in [4.78, 5) is 58.7. The van der Waals surface area contributed by atoms with Gasteiger partial charge in [0.15, 0.2) is 0 Å². The minimum Gasteiger partial charge on any atom is -0.445 e. The molecule has 0 bridgehead atoms. The van der Waals surface area contributed by atoms with Gasteiger partial charge < -0.3 is 24.8 Å². The first kappa shape index (κ1) is 25.7. The summed E-state index contributed by atoms with van der Waals surface area (Å²) in [6.45, 7) is -0.959. The Hall–Kier alpha value is -3.59. The molecule has 1 saturated heterocycles. The molecule has 16 heteroatoms. The number of imide groups is 1. The standard InChI is InChI=1S/C17H19ClN4O10S/c18-33(28,29)21-15(25)22-12(9-32-17(27)30-7-6-19-10-23)13(14(22)24)20-16(26)31-8-11-4-2-1-3-5-11/h1-5,10,12-13H,6-9H2,(H,19,23)(H,20,26)(H,21,25). The SMILES string of the molecule is O=CNCCOC(=O)OCC1C(NC(=O)OCc2ccccc2)C(=O)N1C(=O)NS(=O)(=O)Cl. The fraction of sp³-hybridized carbons (Fsp3) is 0.353. The summed E-state index contributed by atoms with van der Waals surface area (Å²) in [6.07, 6.45) is -1.81. The second-order valence-electron chi connectivity index (χ2n) is 6.29. The molecule has 14 nitrogen and oxygen atoms in total. The highest BCUT2D eigenvalue weighted by atomic mass is 35.7. The Bertz CT molecular complexity index is 991. The minimum absolute atomic E-state index is 0.0140. The zero-order chi connectivity index (χ0) is 24.4. The van der Waals surface area contributed by atoms with Crippen molar-refractivity contribution in [3.63, 3.8) is 0 Å². The molecule has 1 aliphatic heterocycles. The second kappa shape index (κ2) is 11.9. The van der Waals surface area contributed by atoms with Crippen LogP contribution in [0.25, 0.3) is 0 Å². The molecule has 33 heavy (non-hydrogen) atoms. The van der Waals surface area contributed by atoms with E-state index in [1.807, 2.05) is 0 Å². The number of halogens is 1. The average Bonchev–Trinajstić information content (AvgIpc) is 2.75. The Kier molecular flexibility index (Phi) is 9.23. The Morgan fingerprint density at radius 3 is 2.45 bits per heavy atom. The van der Waals surface area contributed by atoms with Crippen molar-refractivity contribution >= 4 is 50.5 Å². The van der Waals surface area contributed by atoms with Gasteiger partial charge in [-0.15, -0.1) is 0 Å². The predicted octanol–water partition coefficient (Wildman–Crippen LogP) is -0.415. The van der Waals surface area contributed by atoms with Gasteiger partial charge in [0.05, 0.1) is 6.54 Å². The predicted molar refractivity (Wildman–Crippen MR) is 109 cm³/mol. The summed E-state index contributed by atoms with van der Waals surface area (Å²) in [5.74, 6) is -0.998. The quantitative estimate of drug-likeness (QED) is 0.124. The van der Waals surface area contributed by atoms with Gasteiger partial charge in [0, 0.05) is 10.7 Å². The number of benzene rings is 1. The molecule has 2 rings (SSSR count). The van der Waals surface area contributed by atoms with Crippen molar-refractivity contribution in [3.05, 3.63) is 35.9 Å². The van der Waals surface area contributed by atoms with Gasteiger partial charge in [0.1, 0.15) is 31.9 Å². The van der Waals surface area contributed by atoms with Crippen LogP contribution in [-0.4, -0.2) is 75.8 Å². The third kappa shape index (κ3) is 8.12. The van der Waals surface area contributed by atoms with Gasteiger partial charge in [-0.2, -0.15) is 8.42 Å². The van der Waals surface area contributed by atoms with Gasteiger partial charge in [0.25, 0.3) is 5.91 Å². The molecule has 1 aromatic rings. The monoisotopic (exact) mass is 506 g/mol. The zero-order valence-electron chi connectivity index (χ0n) is 16.8. The molecule has 0 saturated carbocycles. The van der Waals surface area contributed by atoms with Crippen LogP contribution in [0.2, 0.25) is 0 Å². The summed E-state index contributed by atoms with van der Waals surface area (Å²) in [5, 5.41) is 4.46. The lowest BCUT2D eigenvalue weighted by Gasteiger charge is -2.44. The summed E-state index contributed by atoms with van der Waals surface area (Å²) in [5.41, 5.74) is 0.674. The maximum atomic E-state index is 12.3. The van der Waals surface area contributed by atoms with Crippen molar-refractivity contribution in [1.29, 1.82) is 0 Å². The first-order valence-electron chi connectivity index (χ1n) is 9.15. The highest BCUT2D eigenvalue weighted by molar-refractivity contribution is 8.12.